The van der Waals surface area contributed by atoms with Crippen LogP contribution in [0.2, 0.25) is 15.1 Å². The lowest BCUT2D eigenvalue weighted by atomic mass is 10.1. The minimum absolute atomic E-state index is 0.00879. The Balaban J connectivity index is 2.64. The summed E-state index contributed by atoms with van der Waals surface area (Å²) in [5.74, 6) is 0. The van der Waals surface area contributed by atoms with Crippen LogP contribution in [0.25, 0.3) is 4.85 Å². The smallest absolute Gasteiger partial charge is 0.225 e. The van der Waals surface area contributed by atoms with Crippen molar-refractivity contribution < 1.29 is 0 Å². The van der Waals surface area contributed by atoms with Crippen molar-refractivity contribution in [3.63, 3.8) is 0 Å². The van der Waals surface area contributed by atoms with E-state index >= 15 is 0 Å². The van der Waals surface area contributed by atoms with Gasteiger partial charge >= 0.3 is 0 Å². The van der Waals surface area contributed by atoms with Gasteiger partial charge in [0.15, 0.2) is 0 Å². The average molecular weight is 323 g/mol. The molecular weight excluding hydrogens is 317 g/mol. The SMILES string of the molecule is [C-]#[N+]c1c(Cl)c(Cl)c(Nc2ccccc2)c(Cl)c1C#N. The van der Waals surface area contributed by atoms with E-state index in [1.54, 1.807) is 0 Å². The number of nitrogens with one attached hydrogen (secondary N) is 1. The van der Waals surface area contributed by atoms with Gasteiger partial charge in [0.05, 0.1) is 39.0 Å². The molecule has 0 fully saturated rings. The Morgan fingerprint density at radius 2 is 1.70 bits per heavy atom. The van der Waals surface area contributed by atoms with Crippen molar-refractivity contribution in [2.45, 2.75) is 0 Å². The van der Waals surface area contributed by atoms with Crippen molar-refractivity contribution in [1.82, 2.24) is 0 Å². The second-order valence-electron chi connectivity index (χ2n) is 3.76. The van der Waals surface area contributed by atoms with Crippen molar-refractivity contribution in [2.24, 2.45) is 0 Å². The summed E-state index contributed by atoms with van der Waals surface area (Å²) >= 11 is 18.3. The molecule has 0 aliphatic rings. The molecule has 2 rings (SSSR count). The van der Waals surface area contributed by atoms with Crippen molar-refractivity contribution in [1.29, 1.82) is 5.26 Å². The Morgan fingerprint density at radius 3 is 2.25 bits per heavy atom. The van der Waals surface area contributed by atoms with E-state index < -0.39 is 0 Å². The maximum Gasteiger partial charge on any atom is 0.225 e. The van der Waals surface area contributed by atoms with Crippen molar-refractivity contribution >= 4 is 51.9 Å². The van der Waals surface area contributed by atoms with Gasteiger partial charge in [-0.1, -0.05) is 53.0 Å². The fourth-order valence-electron chi connectivity index (χ4n) is 1.63. The molecule has 0 bridgehead atoms. The van der Waals surface area contributed by atoms with Crippen LogP contribution in [0.3, 0.4) is 0 Å². The molecule has 0 saturated heterocycles. The largest absolute Gasteiger partial charge is 0.353 e. The van der Waals surface area contributed by atoms with E-state index in [0.29, 0.717) is 5.69 Å². The van der Waals surface area contributed by atoms with Gasteiger partial charge in [-0.05, 0) is 12.1 Å². The van der Waals surface area contributed by atoms with Crippen LogP contribution in [0.1, 0.15) is 5.56 Å². The standard InChI is InChI=1S/C14H6Cl3N3/c1-19-13-9(7-18)10(15)14(12(17)11(13)16)20-8-5-3-2-4-6-8/h2-6,20H. The molecule has 6 heteroatoms. The van der Waals surface area contributed by atoms with Crippen LogP contribution in [-0.4, -0.2) is 0 Å². The van der Waals surface area contributed by atoms with E-state index in [-0.39, 0.29) is 26.3 Å². The highest BCUT2D eigenvalue weighted by molar-refractivity contribution is 6.48. The molecule has 3 nitrogen and oxygen atoms in total. The van der Waals surface area contributed by atoms with Crippen LogP contribution in [-0.2, 0) is 0 Å². The molecule has 0 unspecified atom stereocenters. The number of halogens is 3. The maximum atomic E-state index is 9.13. The summed E-state index contributed by atoms with van der Waals surface area (Å²) < 4.78 is 0. The topological polar surface area (TPSA) is 40.2 Å². The van der Waals surface area contributed by atoms with Gasteiger partial charge in [-0.3, -0.25) is 0 Å². The Kier molecular flexibility index (Phi) is 4.37. The fourth-order valence-corrected chi connectivity index (χ4v) is 2.42. The molecule has 0 radical (unpaired) electrons. The molecule has 0 heterocycles. The van der Waals surface area contributed by atoms with E-state index in [0.717, 1.165) is 5.69 Å². The molecule has 0 aromatic heterocycles. The number of para-hydroxylation sites is 1. The summed E-state index contributed by atoms with van der Waals surface area (Å²) in [6.07, 6.45) is 0. The summed E-state index contributed by atoms with van der Waals surface area (Å²) in [6, 6.07) is 11.1. The first-order chi connectivity index (χ1) is 9.60. The molecule has 98 valence electrons. The summed E-state index contributed by atoms with van der Waals surface area (Å²) in [4.78, 5) is 3.21. The normalized spacial score (nSPS) is 9.65. The fraction of sp³-hybridized carbons (Fsp3) is 0. The minimum atomic E-state index is -0.0391. The van der Waals surface area contributed by atoms with Gasteiger partial charge in [0.1, 0.15) is 0 Å². The maximum absolute atomic E-state index is 9.13. The molecular formula is C14H6Cl3N3. The minimum Gasteiger partial charge on any atom is -0.353 e. The number of rotatable bonds is 2. The summed E-state index contributed by atoms with van der Waals surface area (Å²) in [7, 11) is 0. The number of nitriles is 1. The molecule has 2 aromatic rings. The van der Waals surface area contributed by atoms with Gasteiger partial charge in [0, 0.05) is 5.69 Å². The Bertz CT molecular complexity index is 743. The van der Waals surface area contributed by atoms with Crippen LogP contribution in [0.4, 0.5) is 17.1 Å². The van der Waals surface area contributed by atoms with Crippen LogP contribution in [0.5, 0.6) is 0 Å². The van der Waals surface area contributed by atoms with E-state index in [4.69, 9.17) is 46.6 Å². The first kappa shape index (κ1) is 14.5. The zero-order valence-corrected chi connectivity index (χ0v) is 12.2. The van der Waals surface area contributed by atoms with E-state index in [1.807, 2.05) is 36.4 Å². The second-order valence-corrected chi connectivity index (χ2v) is 4.89. The number of nitrogens with zero attached hydrogens (tertiary/aromatic N) is 2. The summed E-state index contributed by atoms with van der Waals surface area (Å²) in [5, 5.41) is 12.3. The number of benzene rings is 2. The lowest BCUT2D eigenvalue weighted by Crippen LogP contribution is -1.95. The van der Waals surface area contributed by atoms with Crippen LogP contribution < -0.4 is 5.32 Å². The van der Waals surface area contributed by atoms with Crippen LogP contribution >= 0.6 is 34.8 Å². The Morgan fingerprint density at radius 1 is 1.05 bits per heavy atom. The Hall–Kier alpha value is -1.91. The second kappa shape index (κ2) is 6.03. The van der Waals surface area contributed by atoms with E-state index in [2.05, 4.69) is 10.2 Å². The van der Waals surface area contributed by atoms with Gasteiger partial charge in [0.25, 0.3) is 0 Å². The first-order valence-electron chi connectivity index (χ1n) is 5.40. The van der Waals surface area contributed by atoms with Gasteiger partial charge < -0.3 is 5.32 Å². The molecule has 0 aliphatic carbocycles. The van der Waals surface area contributed by atoms with E-state index in [1.165, 1.54) is 0 Å². The molecule has 0 amide bonds. The number of anilines is 2. The Labute approximate surface area is 131 Å². The molecule has 0 atom stereocenters. The van der Waals surface area contributed by atoms with Gasteiger partial charge in [0.2, 0.25) is 5.69 Å². The van der Waals surface area contributed by atoms with Crippen LogP contribution in [0, 0.1) is 17.9 Å². The van der Waals surface area contributed by atoms with Gasteiger partial charge in [-0.2, -0.15) is 5.26 Å². The lowest BCUT2D eigenvalue weighted by molar-refractivity contribution is 1.47. The molecule has 0 aliphatic heterocycles. The molecule has 2 aromatic carbocycles. The zero-order valence-electron chi connectivity index (χ0n) is 9.92. The predicted molar refractivity (Wildman–Crippen MR) is 82.2 cm³/mol. The third kappa shape index (κ3) is 2.53. The highest BCUT2D eigenvalue weighted by Gasteiger charge is 2.21. The van der Waals surface area contributed by atoms with Gasteiger partial charge in [-0.15, -0.1) is 0 Å². The molecule has 0 saturated carbocycles. The van der Waals surface area contributed by atoms with Crippen molar-refractivity contribution in [2.75, 3.05) is 5.32 Å². The first-order valence-corrected chi connectivity index (χ1v) is 6.53. The molecule has 1 N–H and O–H groups in total. The summed E-state index contributed by atoms with van der Waals surface area (Å²) in [6.45, 7) is 7.07. The van der Waals surface area contributed by atoms with Crippen molar-refractivity contribution in [3.05, 3.63) is 62.4 Å². The average Bonchev–Trinajstić information content (AvgIpc) is 2.48. The highest BCUT2D eigenvalue weighted by Crippen LogP contribution is 2.46. The van der Waals surface area contributed by atoms with Gasteiger partial charge in [-0.25, -0.2) is 4.85 Å². The summed E-state index contributed by atoms with van der Waals surface area (Å²) in [5.41, 5.74) is 1.03. The highest BCUT2D eigenvalue weighted by atomic mass is 35.5. The third-order valence-electron chi connectivity index (χ3n) is 2.56. The third-order valence-corrected chi connectivity index (χ3v) is 3.78. The lowest BCUT2D eigenvalue weighted by Gasteiger charge is -2.14. The monoisotopic (exact) mass is 321 g/mol. The van der Waals surface area contributed by atoms with Crippen LogP contribution in [0.15, 0.2) is 30.3 Å². The van der Waals surface area contributed by atoms with E-state index in [9.17, 15) is 0 Å². The quantitative estimate of drug-likeness (QED) is 0.559. The number of hydrogen-bond acceptors (Lipinski definition) is 2. The predicted octanol–water partition coefficient (Wildman–Crippen LogP) is 5.81. The number of hydrogen-bond donors (Lipinski definition) is 1. The zero-order chi connectivity index (χ0) is 14.7. The molecule has 0 spiro atoms. The molecule has 20 heavy (non-hydrogen) atoms. The van der Waals surface area contributed by atoms with Crippen molar-refractivity contribution in [3.8, 4) is 6.07 Å².